The van der Waals surface area contributed by atoms with Gasteiger partial charge in [-0.2, -0.15) is 0 Å². The largest absolute Gasteiger partial charge is 0.474 e. The molecule has 113 valence electrons. The lowest BCUT2D eigenvalue weighted by Crippen LogP contribution is -2.70. The molecule has 2 aliphatic rings. The van der Waals surface area contributed by atoms with Crippen LogP contribution >= 0.6 is 0 Å². The van der Waals surface area contributed by atoms with Crippen molar-refractivity contribution in [3.63, 3.8) is 0 Å². The molecule has 5 heteroatoms. The third kappa shape index (κ3) is 2.82. The second kappa shape index (κ2) is 4.90. The van der Waals surface area contributed by atoms with Crippen LogP contribution in [0.4, 0.5) is 4.79 Å². The number of rotatable bonds is 2. The minimum Gasteiger partial charge on any atom is -0.474 e. The van der Waals surface area contributed by atoms with Crippen molar-refractivity contribution in [2.24, 2.45) is 0 Å². The number of ether oxygens (including phenoxy) is 2. The number of hydrogen-bond acceptors (Lipinski definition) is 4. The summed E-state index contributed by atoms with van der Waals surface area (Å²) in [5.74, 6) is 0.622. The smallest absolute Gasteiger partial charge is 0.410 e. The molecule has 1 spiro atoms. The molecule has 1 aliphatic carbocycles. The highest BCUT2D eigenvalue weighted by Crippen LogP contribution is 2.48. The van der Waals surface area contributed by atoms with E-state index in [1.165, 1.54) is 0 Å². The maximum atomic E-state index is 12.2. The number of likely N-dealkylation sites (tertiary alicyclic amines) is 1. The summed E-state index contributed by atoms with van der Waals surface area (Å²) in [4.78, 5) is 18.1. The fraction of sp³-hybridized carbons (Fsp3) is 0.625. The zero-order chi connectivity index (χ0) is 15.1. The van der Waals surface area contributed by atoms with Gasteiger partial charge in [-0.25, -0.2) is 9.78 Å². The van der Waals surface area contributed by atoms with E-state index in [0.29, 0.717) is 5.88 Å². The van der Waals surface area contributed by atoms with E-state index in [1.807, 2.05) is 25.7 Å². The van der Waals surface area contributed by atoms with E-state index in [9.17, 15) is 4.79 Å². The van der Waals surface area contributed by atoms with Gasteiger partial charge >= 0.3 is 6.09 Å². The SMILES string of the molecule is CC(C)(C)OC(=O)N1CCC12CC(Oc1cc[c]cn1)C2. The van der Waals surface area contributed by atoms with Gasteiger partial charge in [-0.15, -0.1) is 0 Å². The first kappa shape index (κ1) is 14.2. The van der Waals surface area contributed by atoms with Gasteiger partial charge in [0.25, 0.3) is 0 Å². The Labute approximate surface area is 125 Å². The minimum absolute atomic E-state index is 0.0477. The molecule has 0 aromatic carbocycles. The van der Waals surface area contributed by atoms with Crippen LogP contribution < -0.4 is 4.74 Å². The van der Waals surface area contributed by atoms with Crippen molar-refractivity contribution in [2.45, 2.75) is 57.3 Å². The maximum absolute atomic E-state index is 12.2. The first-order valence-corrected chi connectivity index (χ1v) is 7.37. The summed E-state index contributed by atoms with van der Waals surface area (Å²) < 4.78 is 11.3. The Morgan fingerprint density at radius 1 is 1.48 bits per heavy atom. The van der Waals surface area contributed by atoms with Crippen LogP contribution in [0.25, 0.3) is 0 Å². The molecule has 1 aliphatic heterocycles. The normalized spacial score (nSPS) is 27.8. The molecule has 0 N–H and O–H groups in total. The van der Waals surface area contributed by atoms with Gasteiger partial charge in [0.05, 0.1) is 5.54 Å². The van der Waals surface area contributed by atoms with Crippen LogP contribution in [0.15, 0.2) is 18.3 Å². The lowest BCUT2D eigenvalue weighted by molar-refractivity contribution is -0.122. The van der Waals surface area contributed by atoms with Gasteiger partial charge in [-0.3, -0.25) is 0 Å². The van der Waals surface area contributed by atoms with Crippen molar-refractivity contribution in [1.82, 2.24) is 9.88 Å². The summed E-state index contributed by atoms with van der Waals surface area (Å²) >= 11 is 0. The lowest BCUT2D eigenvalue weighted by atomic mass is 9.66. The van der Waals surface area contributed by atoms with Crippen LogP contribution in [0.3, 0.4) is 0 Å². The molecule has 1 radical (unpaired) electrons. The van der Waals surface area contributed by atoms with Crippen molar-refractivity contribution in [3.05, 3.63) is 24.4 Å². The fourth-order valence-corrected chi connectivity index (χ4v) is 2.98. The first-order chi connectivity index (χ1) is 9.88. The monoisotopic (exact) mass is 289 g/mol. The molecule has 1 amide bonds. The van der Waals surface area contributed by atoms with E-state index in [1.54, 1.807) is 18.3 Å². The Morgan fingerprint density at radius 3 is 2.76 bits per heavy atom. The minimum atomic E-state index is -0.446. The van der Waals surface area contributed by atoms with Crippen LogP contribution in [0.5, 0.6) is 5.88 Å². The maximum Gasteiger partial charge on any atom is 0.410 e. The number of amides is 1. The number of nitrogens with zero attached hydrogens (tertiary/aromatic N) is 2. The molecular weight excluding hydrogens is 268 g/mol. The van der Waals surface area contributed by atoms with Gasteiger partial charge in [0, 0.05) is 37.7 Å². The van der Waals surface area contributed by atoms with Gasteiger partial charge in [0.1, 0.15) is 11.7 Å². The van der Waals surface area contributed by atoms with E-state index < -0.39 is 5.60 Å². The van der Waals surface area contributed by atoms with Gasteiger partial charge < -0.3 is 14.4 Å². The Bertz CT molecular complexity index is 518. The third-order valence-corrected chi connectivity index (χ3v) is 4.08. The van der Waals surface area contributed by atoms with Crippen molar-refractivity contribution < 1.29 is 14.3 Å². The van der Waals surface area contributed by atoms with Gasteiger partial charge in [-0.05, 0) is 33.3 Å². The number of carbonyl (C=O) groups is 1. The fourth-order valence-electron chi connectivity index (χ4n) is 2.98. The molecule has 0 atom stereocenters. The van der Waals surface area contributed by atoms with Gasteiger partial charge in [0.15, 0.2) is 0 Å². The van der Waals surface area contributed by atoms with Crippen LogP contribution in [0.1, 0.15) is 40.0 Å². The molecule has 1 aromatic heterocycles. The average molecular weight is 289 g/mol. The molecule has 1 saturated heterocycles. The van der Waals surface area contributed by atoms with E-state index in [-0.39, 0.29) is 17.7 Å². The summed E-state index contributed by atoms with van der Waals surface area (Å²) in [6, 6.07) is 6.45. The molecule has 0 unspecified atom stereocenters. The van der Waals surface area contributed by atoms with E-state index >= 15 is 0 Å². The molecule has 2 heterocycles. The van der Waals surface area contributed by atoms with Gasteiger partial charge in [0.2, 0.25) is 5.88 Å². The lowest BCUT2D eigenvalue weighted by Gasteiger charge is -2.60. The Morgan fingerprint density at radius 2 is 2.24 bits per heavy atom. The molecular formula is C16H21N2O3. The quantitative estimate of drug-likeness (QED) is 0.840. The standard InChI is InChI=1S/C16H21N2O3/c1-15(2,3)21-14(19)18-9-7-16(18)10-12(11-16)20-13-6-4-5-8-17-13/h4,6,8,12H,7,9-11H2,1-3H3. The number of hydrogen-bond donors (Lipinski definition) is 0. The van der Waals surface area contributed by atoms with Crippen LogP contribution in [-0.4, -0.2) is 39.8 Å². The molecule has 5 nitrogen and oxygen atoms in total. The number of aromatic nitrogens is 1. The zero-order valence-electron chi connectivity index (χ0n) is 12.8. The number of carbonyl (C=O) groups excluding carboxylic acids is 1. The summed E-state index contributed by atoms with van der Waals surface area (Å²) in [6.07, 6.45) is 4.26. The highest BCUT2D eigenvalue weighted by molar-refractivity contribution is 5.71. The van der Waals surface area contributed by atoms with Crippen molar-refractivity contribution in [3.8, 4) is 5.88 Å². The summed E-state index contributed by atoms with van der Waals surface area (Å²) in [5, 5.41) is 0. The predicted molar refractivity (Wildman–Crippen MR) is 77.0 cm³/mol. The molecule has 21 heavy (non-hydrogen) atoms. The van der Waals surface area contributed by atoms with E-state index in [4.69, 9.17) is 9.47 Å². The van der Waals surface area contributed by atoms with E-state index in [2.05, 4.69) is 11.1 Å². The number of pyridine rings is 1. The highest BCUT2D eigenvalue weighted by Gasteiger charge is 2.57. The third-order valence-electron chi connectivity index (χ3n) is 4.08. The summed E-state index contributed by atoms with van der Waals surface area (Å²) in [5.41, 5.74) is -0.494. The molecule has 2 fully saturated rings. The Kier molecular flexibility index (Phi) is 3.30. The predicted octanol–water partition coefficient (Wildman–Crippen LogP) is 2.80. The van der Waals surface area contributed by atoms with Gasteiger partial charge in [-0.1, -0.05) is 0 Å². The van der Waals surface area contributed by atoms with Crippen LogP contribution in [0, 0.1) is 6.07 Å². The highest BCUT2D eigenvalue weighted by atomic mass is 16.6. The summed E-state index contributed by atoms with van der Waals surface area (Å²) in [6.45, 7) is 6.45. The topological polar surface area (TPSA) is 51.7 Å². The molecule has 0 bridgehead atoms. The van der Waals surface area contributed by atoms with Crippen LogP contribution in [0.2, 0.25) is 0 Å². The average Bonchev–Trinajstić information content (AvgIpc) is 2.30. The zero-order valence-corrected chi connectivity index (χ0v) is 12.8. The van der Waals surface area contributed by atoms with Crippen molar-refractivity contribution in [1.29, 1.82) is 0 Å². The molecule has 3 rings (SSSR count). The first-order valence-electron chi connectivity index (χ1n) is 7.37. The molecule has 1 aromatic rings. The second-order valence-corrected chi connectivity index (χ2v) is 6.85. The Balaban J connectivity index is 1.53. The summed E-state index contributed by atoms with van der Waals surface area (Å²) in [7, 11) is 0. The van der Waals surface area contributed by atoms with Crippen molar-refractivity contribution in [2.75, 3.05) is 6.54 Å². The van der Waals surface area contributed by atoms with Crippen molar-refractivity contribution >= 4 is 6.09 Å². The molecule has 1 saturated carbocycles. The van der Waals surface area contributed by atoms with E-state index in [0.717, 1.165) is 25.8 Å². The van der Waals surface area contributed by atoms with Crippen LogP contribution in [-0.2, 0) is 4.74 Å². The Hall–Kier alpha value is -1.78. The second-order valence-electron chi connectivity index (χ2n) is 6.85.